The molecule has 2 heterocycles. The number of carbonyl (C=O) groups excluding carboxylic acids is 1. The third kappa shape index (κ3) is 3.10. The molecule has 1 aliphatic heterocycles. The summed E-state index contributed by atoms with van der Waals surface area (Å²) >= 11 is 7.51. The van der Waals surface area contributed by atoms with E-state index in [1.165, 1.54) is 11.3 Å². The maximum absolute atomic E-state index is 12.4. The molecule has 1 saturated heterocycles. The highest BCUT2D eigenvalue weighted by atomic mass is 35.5. The molecule has 2 aromatic rings. The number of aliphatic hydroxyl groups excluding tert-OH is 1. The Morgan fingerprint density at radius 3 is 2.76 bits per heavy atom. The minimum Gasteiger partial charge on any atom is -0.393 e. The molecule has 0 atom stereocenters. The summed E-state index contributed by atoms with van der Waals surface area (Å²) in [7, 11) is 0. The number of piperidine rings is 1. The van der Waals surface area contributed by atoms with Gasteiger partial charge in [-0.1, -0.05) is 29.8 Å². The Morgan fingerprint density at radius 2 is 2.05 bits per heavy atom. The summed E-state index contributed by atoms with van der Waals surface area (Å²) in [4.78, 5) is 19.1. The van der Waals surface area contributed by atoms with E-state index in [4.69, 9.17) is 11.6 Å². The fourth-order valence-electron chi connectivity index (χ4n) is 2.36. The molecular weight excluding hydrogens is 308 g/mol. The highest BCUT2D eigenvalue weighted by Crippen LogP contribution is 2.31. The van der Waals surface area contributed by atoms with Gasteiger partial charge in [-0.25, -0.2) is 4.98 Å². The molecule has 0 radical (unpaired) electrons. The molecule has 1 fully saturated rings. The number of hydrogen-bond acceptors (Lipinski definition) is 4. The lowest BCUT2D eigenvalue weighted by atomic mass is 10.1. The standard InChI is InChI=1S/C15H15ClN2O2S/c16-12-4-2-1-3-11(12)14-17-9-13(21-14)15(20)18-7-5-10(19)6-8-18/h1-4,9-10,19H,5-8H2. The zero-order chi connectivity index (χ0) is 14.8. The Balaban J connectivity index is 1.79. The van der Waals surface area contributed by atoms with Crippen LogP contribution in [0.3, 0.4) is 0 Å². The molecule has 0 spiro atoms. The summed E-state index contributed by atoms with van der Waals surface area (Å²) in [5.41, 5.74) is 0.845. The van der Waals surface area contributed by atoms with Crippen molar-refractivity contribution in [1.29, 1.82) is 0 Å². The Bertz CT molecular complexity index is 651. The van der Waals surface area contributed by atoms with E-state index in [-0.39, 0.29) is 12.0 Å². The molecule has 1 N–H and O–H groups in total. The lowest BCUT2D eigenvalue weighted by Crippen LogP contribution is -2.39. The Kier molecular flexibility index (Phi) is 4.24. The number of halogens is 1. The van der Waals surface area contributed by atoms with Crippen molar-refractivity contribution < 1.29 is 9.90 Å². The monoisotopic (exact) mass is 322 g/mol. The number of thiazole rings is 1. The minimum atomic E-state index is -0.283. The minimum absolute atomic E-state index is 0.0160. The van der Waals surface area contributed by atoms with Crippen molar-refractivity contribution in [2.75, 3.05) is 13.1 Å². The van der Waals surface area contributed by atoms with E-state index in [0.29, 0.717) is 35.8 Å². The molecule has 1 aliphatic rings. The Labute approximate surface area is 132 Å². The number of amides is 1. The van der Waals surface area contributed by atoms with Crippen LogP contribution in [-0.2, 0) is 0 Å². The molecule has 4 nitrogen and oxygen atoms in total. The number of benzene rings is 1. The highest BCUT2D eigenvalue weighted by Gasteiger charge is 2.24. The maximum Gasteiger partial charge on any atom is 0.265 e. The summed E-state index contributed by atoms with van der Waals surface area (Å²) in [5.74, 6) is -0.0160. The zero-order valence-electron chi connectivity index (χ0n) is 11.3. The van der Waals surface area contributed by atoms with Crippen LogP contribution in [-0.4, -0.2) is 40.1 Å². The van der Waals surface area contributed by atoms with Crippen LogP contribution < -0.4 is 0 Å². The van der Waals surface area contributed by atoms with Crippen molar-refractivity contribution in [2.24, 2.45) is 0 Å². The molecule has 6 heteroatoms. The van der Waals surface area contributed by atoms with Gasteiger partial charge in [-0.05, 0) is 18.9 Å². The molecule has 3 rings (SSSR count). The summed E-state index contributed by atoms with van der Waals surface area (Å²) in [6.45, 7) is 1.19. The molecule has 110 valence electrons. The van der Waals surface area contributed by atoms with Gasteiger partial charge < -0.3 is 10.0 Å². The van der Waals surface area contributed by atoms with Crippen molar-refractivity contribution in [2.45, 2.75) is 18.9 Å². The van der Waals surface area contributed by atoms with Crippen molar-refractivity contribution in [3.63, 3.8) is 0 Å². The number of likely N-dealkylation sites (tertiary alicyclic amines) is 1. The molecule has 21 heavy (non-hydrogen) atoms. The van der Waals surface area contributed by atoms with Crippen molar-refractivity contribution in [1.82, 2.24) is 9.88 Å². The summed E-state index contributed by atoms with van der Waals surface area (Å²) in [6.07, 6.45) is 2.61. The van der Waals surface area contributed by atoms with Gasteiger partial charge in [-0.3, -0.25) is 4.79 Å². The van der Waals surface area contributed by atoms with Crippen molar-refractivity contribution in [3.05, 3.63) is 40.4 Å². The maximum atomic E-state index is 12.4. The van der Waals surface area contributed by atoms with E-state index in [1.54, 1.807) is 11.1 Å². The van der Waals surface area contributed by atoms with Gasteiger partial charge in [0.25, 0.3) is 5.91 Å². The summed E-state index contributed by atoms with van der Waals surface area (Å²) < 4.78 is 0. The van der Waals surface area contributed by atoms with Gasteiger partial charge in [0.2, 0.25) is 0 Å². The number of rotatable bonds is 2. The third-order valence-electron chi connectivity index (χ3n) is 3.57. The first-order valence-corrected chi connectivity index (χ1v) is 8.02. The molecule has 1 aromatic heterocycles. The number of nitrogens with zero attached hydrogens (tertiary/aromatic N) is 2. The van der Waals surface area contributed by atoms with E-state index >= 15 is 0 Å². The lowest BCUT2D eigenvalue weighted by molar-refractivity contribution is 0.0550. The normalized spacial score (nSPS) is 16.2. The second-order valence-electron chi connectivity index (χ2n) is 5.03. The summed E-state index contributed by atoms with van der Waals surface area (Å²) in [5, 5.41) is 10.9. The van der Waals surface area contributed by atoms with Gasteiger partial charge in [0.05, 0.1) is 17.3 Å². The fraction of sp³-hybridized carbons (Fsp3) is 0.333. The largest absolute Gasteiger partial charge is 0.393 e. The average Bonchev–Trinajstić information content (AvgIpc) is 2.97. The highest BCUT2D eigenvalue weighted by molar-refractivity contribution is 7.17. The van der Waals surface area contributed by atoms with Crippen LogP contribution in [0.15, 0.2) is 30.5 Å². The zero-order valence-corrected chi connectivity index (χ0v) is 12.9. The van der Waals surface area contributed by atoms with Gasteiger partial charge in [-0.15, -0.1) is 11.3 Å². The van der Waals surface area contributed by atoms with E-state index in [9.17, 15) is 9.90 Å². The van der Waals surface area contributed by atoms with Crippen LogP contribution in [0.4, 0.5) is 0 Å². The van der Waals surface area contributed by atoms with Crippen molar-refractivity contribution >= 4 is 28.8 Å². The predicted molar refractivity (Wildman–Crippen MR) is 83.7 cm³/mol. The Morgan fingerprint density at radius 1 is 1.33 bits per heavy atom. The van der Waals surface area contributed by atoms with Crippen LogP contribution in [0.25, 0.3) is 10.6 Å². The average molecular weight is 323 g/mol. The number of aliphatic hydroxyl groups is 1. The number of hydrogen-bond donors (Lipinski definition) is 1. The van der Waals surface area contributed by atoms with Crippen LogP contribution in [0.1, 0.15) is 22.5 Å². The molecule has 0 saturated carbocycles. The van der Waals surface area contributed by atoms with Gasteiger partial charge >= 0.3 is 0 Å². The first kappa shape index (κ1) is 14.5. The van der Waals surface area contributed by atoms with Crippen LogP contribution >= 0.6 is 22.9 Å². The third-order valence-corrected chi connectivity index (χ3v) is 4.92. The molecule has 0 aliphatic carbocycles. The molecule has 1 aromatic carbocycles. The van der Waals surface area contributed by atoms with E-state index < -0.39 is 0 Å². The molecule has 0 bridgehead atoms. The molecular formula is C15H15ClN2O2S. The van der Waals surface area contributed by atoms with E-state index in [0.717, 1.165) is 10.6 Å². The Hall–Kier alpha value is -1.43. The van der Waals surface area contributed by atoms with Gasteiger partial charge in [0, 0.05) is 18.7 Å². The quantitative estimate of drug-likeness (QED) is 0.924. The lowest BCUT2D eigenvalue weighted by Gasteiger charge is -2.29. The number of aromatic nitrogens is 1. The summed E-state index contributed by atoms with van der Waals surface area (Å²) in [6, 6.07) is 7.47. The van der Waals surface area contributed by atoms with Gasteiger partial charge in [0.1, 0.15) is 9.88 Å². The van der Waals surface area contributed by atoms with E-state index in [2.05, 4.69) is 4.98 Å². The van der Waals surface area contributed by atoms with Crippen LogP contribution in [0, 0.1) is 0 Å². The predicted octanol–water partition coefficient (Wildman–Crippen LogP) is 3.06. The van der Waals surface area contributed by atoms with E-state index in [1.807, 2.05) is 24.3 Å². The van der Waals surface area contributed by atoms with Crippen LogP contribution in [0.5, 0.6) is 0 Å². The first-order valence-electron chi connectivity index (χ1n) is 6.83. The topological polar surface area (TPSA) is 53.4 Å². The first-order chi connectivity index (χ1) is 10.1. The van der Waals surface area contributed by atoms with Crippen LogP contribution in [0.2, 0.25) is 5.02 Å². The molecule has 1 amide bonds. The molecule has 0 unspecified atom stereocenters. The second kappa shape index (κ2) is 6.13. The smallest absolute Gasteiger partial charge is 0.265 e. The second-order valence-corrected chi connectivity index (χ2v) is 6.47. The van der Waals surface area contributed by atoms with Gasteiger partial charge in [0.15, 0.2) is 0 Å². The number of carbonyl (C=O) groups is 1. The van der Waals surface area contributed by atoms with Gasteiger partial charge in [-0.2, -0.15) is 0 Å². The SMILES string of the molecule is O=C(c1cnc(-c2ccccc2Cl)s1)N1CCC(O)CC1. The fourth-order valence-corrected chi connectivity index (χ4v) is 3.56. The van der Waals surface area contributed by atoms with Crippen molar-refractivity contribution in [3.8, 4) is 10.6 Å².